The molecule has 0 fully saturated rings. The van der Waals surface area contributed by atoms with E-state index in [-0.39, 0.29) is 11.8 Å². The summed E-state index contributed by atoms with van der Waals surface area (Å²) < 4.78 is 0. The Balaban J connectivity index is 2.47. The minimum absolute atomic E-state index is 0.0271. The fourth-order valence-corrected chi connectivity index (χ4v) is 1.62. The molecule has 0 aromatic heterocycles. The van der Waals surface area contributed by atoms with E-state index in [2.05, 4.69) is 24.4 Å². The van der Waals surface area contributed by atoms with Crippen molar-refractivity contribution in [1.82, 2.24) is 0 Å². The molecule has 1 rings (SSSR count). The molecular weight excluding hydrogens is 210 g/mol. The van der Waals surface area contributed by atoms with Gasteiger partial charge in [-0.25, -0.2) is 0 Å². The second kappa shape index (κ2) is 7.10. The third-order valence-electron chi connectivity index (χ3n) is 2.81. The van der Waals surface area contributed by atoms with E-state index in [1.807, 2.05) is 26.0 Å². The van der Waals surface area contributed by atoms with Gasteiger partial charge in [0, 0.05) is 11.6 Å². The minimum Gasteiger partial charge on any atom is -0.326 e. The normalized spacial score (nSPS) is 10.6. The second-order valence-corrected chi connectivity index (χ2v) is 4.80. The largest absolute Gasteiger partial charge is 0.326 e. The first-order valence-electron chi connectivity index (χ1n) is 6.53. The van der Waals surface area contributed by atoms with Crippen molar-refractivity contribution in [3.8, 4) is 0 Å². The van der Waals surface area contributed by atoms with Crippen molar-refractivity contribution in [2.45, 2.75) is 46.5 Å². The molecule has 0 unspecified atom stereocenters. The van der Waals surface area contributed by atoms with Gasteiger partial charge in [0.1, 0.15) is 0 Å². The molecule has 0 atom stereocenters. The van der Waals surface area contributed by atoms with Gasteiger partial charge in [0.2, 0.25) is 5.91 Å². The van der Waals surface area contributed by atoms with E-state index in [0.29, 0.717) is 0 Å². The Kier molecular flexibility index (Phi) is 5.75. The smallest absolute Gasteiger partial charge is 0.226 e. The highest BCUT2D eigenvalue weighted by molar-refractivity contribution is 5.91. The Morgan fingerprint density at radius 2 is 1.82 bits per heavy atom. The standard InChI is InChI=1S/C15H23NO/c1-4-5-6-7-13-8-10-14(11-9-13)16-15(17)12(2)3/h8-12H,4-7H2,1-3H3,(H,16,17). The molecule has 0 bridgehead atoms. The molecule has 0 saturated carbocycles. The van der Waals surface area contributed by atoms with Crippen LogP contribution in [0.3, 0.4) is 0 Å². The molecule has 0 radical (unpaired) electrons. The highest BCUT2D eigenvalue weighted by atomic mass is 16.1. The molecule has 1 N–H and O–H groups in total. The van der Waals surface area contributed by atoms with Gasteiger partial charge in [-0.05, 0) is 30.5 Å². The lowest BCUT2D eigenvalue weighted by Gasteiger charge is -2.08. The fraction of sp³-hybridized carbons (Fsp3) is 0.533. The molecule has 0 aliphatic rings. The zero-order chi connectivity index (χ0) is 12.7. The third-order valence-corrected chi connectivity index (χ3v) is 2.81. The van der Waals surface area contributed by atoms with Crippen molar-refractivity contribution in [3.63, 3.8) is 0 Å². The van der Waals surface area contributed by atoms with Crippen LogP contribution in [-0.4, -0.2) is 5.91 Å². The number of hydrogen-bond acceptors (Lipinski definition) is 1. The van der Waals surface area contributed by atoms with Gasteiger partial charge in [0.25, 0.3) is 0 Å². The van der Waals surface area contributed by atoms with Crippen LogP contribution in [0.2, 0.25) is 0 Å². The van der Waals surface area contributed by atoms with E-state index < -0.39 is 0 Å². The van der Waals surface area contributed by atoms with Crippen molar-refractivity contribution in [2.24, 2.45) is 5.92 Å². The summed E-state index contributed by atoms with van der Waals surface area (Å²) >= 11 is 0. The van der Waals surface area contributed by atoms with Gasteiger partial charge in [0.15, 0.2) is 0 Å². The molecule has 94 valence electrons. The minimum atomic E-state index is 0.0271. The molecule has 0 aliphatic carbocycles. The lowest BCUT2D eigenvalue weighted by Crippen LogP contribution is -2.17. The number of carbonyl (C=O) groups is 1. The zero-order valence-electron chi connectivity index (χ0n) is 11.1. The van der Waals surface area contributed by atoms with Gasteiger partial charge < -0.3 is 5.32 Å². The molecule has 17 heavy (non-hydrogen) atoms. The zero-order valence-corrected chi connectivity index (χ0v) is 11.1. The van der Waals surface area contributed by atoms with Gasteiger partial charge in [-0.2, -0.15) is 0 Å². The first kappa shape index (κ1) is 13.8. The van der Waals surface area contributed by atoms with Crippen LogP contribution in [0.4, 0.5) is 5.69 Å². The average Bonchev–Trinajstić information content (AvgIpc) is 2.31. The van der Waals surface area contributed by atoms with Crippen molar-refractivity contribution in [1.29, 1.82) is 0 Å². The van der Waals surface area contributed by atoms with Crippen LogP contribution in [0.15, 0.2) is 24.3 Å². The molecule has 0 aliphatic heterocycles. The Labute approximate surface area is 104 Å². The predicted octanol–water partition coefficient (Wildman–Crippen LogP) is 4.01. The van der Waals surface area contributed by atoms with Crippen LogP contribution in [-0.2, 0) is 11.2 Å². The summed E-state index contributed by atoms with van der Waals surface area (Å²) in [4.78, 5) is 11.5. The molecule has 0 saturated heterocycles. The van der Waals surface area contributed by atoms with E-state index >= 15 is 0 Å². The SMILES string of the molecule is CCCCCc1ccc(NC(=O)C(C)C)cc1. The number of nitrogens with one attached hydrogen (secondary N) is 1. The lowest BCUT2D eigenvalue weighted by molar-refractivity contribution is -0.118. The number of aryl methyl sites for hydroxylation is 1. The van der Waals surface area contributed by atoms with Gasteiger partial charge in [0.05, 0.1) is 0 Å². The highest BCUT2D eigenvalue weighted by Gasteiger charge is 2.06. The topological polar surface area (TPSA) is 29.1 Å². The summed E-state index contributed by atoms with van der Waals surface area (Å²) in [6.07, 6.45) is 4.91. The second-order valence-electron chi connectivity index (χ2n) is 4.80. The number of amides is 1. The summed E-state index contributed by atoms with van der Waals surface area (Å²) in [5.74, 6) is 0.1000. The van der Waals surface area contributed by atoms with Gasteiger partial charge in [-0.15, -0.1) is 0 Å². The highest BCUT2D eigenvalue weighted by Crippen LogP contribution is 2.13. The van der Waals surface area contributed by atoms with Crippen LogP contribution in [0.5, 0.6) is 0 Å². The van der Waals surface area contributed by atoms with E-state index in [1.54, 1.807) is 0 Å². The monoisotopic (exact) mass is 233 g/mol. The van der Waals surface area contributed by atoms with E-state index in [9.17, 15) is 4.79 Å². The first-order valence-corrected chi connectivity index (χ1v) is 6.53. The van der Waals surface area contributed by atoms with Crippen LogP contribution in [0.1, 0.15) is 45.6 Å². The summed E-state index contributed by atoms with van der Waals surface area (Å²) in [7, 11) is 0. The number of hydrogen-bond donors (Lipinski definition) is 1. The van der Waals surface area contributed by atoms with Gasteiger partial charge in [-0.1, -0.05) is 45.7 Å². The number of anilines is 1. The van der Waals surface area contributed by atoms with Crippen molar-refractivity contribution >= 4 is 11.6 Å². The maximum absolute atomic E-state index is 11.5. The Hall–Kier alpha value is -1.31. The lowest BCUT2D eigenvalue weighted by atomic mass is 10.1. The summed E-state index contributed by atoms with van der Waals surface area (Å²) in [6, 6.07) is 8.18. The number of unbranched alkanes of at least 4 members (excludes halogenated alkanes) is 2. The van der Waals surface area contributed by atoms with E-state index in [1.165, 1.54) is 24.8 Å². The van der Waals surface area contributed by atoms with Crippen molar-refractivity contribution in [2.75, 3.05) is 5.32 Å². The quantitative estimate of drug-likeness (QED) is 0.739. The van der Waals surface area contributed by atoms with Crippen LogP contribution >= 0.6 is 0 Å². The summed E-state index contributed by atoms with van der Waals surface area (Å²) in [6.45, 7) is 6.01. The molecule has 1 amide bonds. The molecule has 0 heterocycles. The third kappa shape index (κ3) is 5.03. The maximum Gasteiger partial charge on any atom is 0.226 e. The Morgan fingerprint density at radius 1 is 1.18 bits per heavy atom. The Morgan fingerprint density at radius 3 is 2.35 bits per heavy atom. The summed E-state index contributed by atoms with van der Waals surface area (Å²) in [5, 5.41) is 2.90. The van der Waals surface area contributed by atoms with E-state index in [0.717, 1.165) is 12.1 Å². The number of rotatable bonds is 6. The van der Waals surface area contributed by atoms with Crippen LogP contribution in [0.25, 0.3) is 0 Å². The molecular formula is C15H23NO. The fourth-order valence-electron chi connectivity index (χ4n) is 1.62. The molecule has 2 heteroatoms. The molecule has 1 aromatic carbocycles. The number of benzene rings is 1. The van der Waals surface area contributed by atoms with Gasteiger partial charge in [-0.3, -0.25) is 4.79 Å². The van der Waals surface area contributed by atoms with Crippen molar-refractivity contribution in [3.05, 3.63) is 29.8 Å². The molecule has 1 aromatic rings. The Bertz CT molecular complexity index is 340. The van der Waals surface area contributed by atoms with Crippen LogP contribution < -0.4 is 5.32 Å². The summed E-state index contributed by atoms with van der Waals surface area (Å²) in [5.41, 5.74) is 2.24. The number of carbonyl (C=O) groups excluding carboxylic acids is 1. The maximum atomic E-state index is 11.5. The first-order chi connectivity index (χ1) is 8.13. The predicted molar refractivity (Wildman–Crippen MR) is 73.1 cm³/mol. The van der Waals surface area contributed by atoms with Gasteiger partial charge >= 0.3 is 0 Å². The molecule has 0 spiro atoms. The van der Waals surface area contributed by atoms with Crippen LogP contribution in [0, 0.1) is 5.92 Å². The van der Waals surface area contributed by atoms with E-state index in [4.69, 9.17) is 0 Å². The average molecular weight is 233 g/mol. The molecule has 2 nitrogen and oxygen atoms in total. The van der Waals surface area contributed by atoms with Crippen molar-refractivity contribution < 1.29 is 4.79 Å².